The summed E-state index contributed by atoms with van der Waals surface area (Å²) in [5.41, 5.74) is 0.557. The van der Waals surface area contributed by atoms with Crippen LogP contribution in [0.4, 0.5) is 10.8 Å². The molecule has 1 aliphatic rings. The fraction of sp³-hybridized carbons (Fsp3) is 0.435. The van der Waals surface area contributed by atoms with Gasteiger partial charge in [0.15, 0.2) is 10.8 Å². The molecule has 34 heavy (non-hydrogen) atoms. The van der Waals surface area contributed by atoms with E-state index >= 15 is 0 Å². The fourth-order valence-corrected chi connectivity index (χ4v) is 4.94. The number of anilines is 2. The number of methoxy groups -OCH3 is 1. The Kier molecular flexibility index (Phi) is 7.41. The number of aromatic nitrogens is 3. The first-order valence-electron chi connectivity index (χ1n) is 11.3. The Labute approximate surface area is 201 Å². The fourth-order valence-electron chi connectivity index (χ4n) is 3.93. The van der Waals surface area contributed by atoms with E-state index in [1.54, 1.807) is 24.3 Å². The minimum absolute atomic E-state index is 0.0641. The highest BCUT2D eigenvalue weighted by molar-refractivity contribution is 7.22. The minimum Gasteiger partial charge on any atom is -0.495 e. The van der Waals surface area contributed by atoms with Crippen molar-refractivity contribution in [1.82, 2.24) is 19.9 Å². The van der Waals surface area contributed by atoms with Crippen LogP contribution in [-0.2, 0) is 16.1 Å². The van der Waals surface area contributed by atoms with Crippen LogP contribution in [0.2, 0.25) is 0 Å². The normalized spacial score (nSPS) is 15.8. The van der Waals surface area contributed by atoms with Crippen molar-refractivity contribution in [3.63, 3.8) is 0 Å². The van der Waals surface area contributed by atoms with Crippen LogP contribution in [0.25, 0.3) is 10.3 Å². The van der Waals surface area contributed by atoms with E-state index < -0.39 is 0 Å². The number of rotatable bonds is 8. The Balaban J connectivity index is 1.48. The molecule has 2 N–H and O–H groups in total. The number of carbonyl (C=O) groups is 2. The first kappa shape index (κ1) is 23.7. The average Bonchev–Trinajstić information content (AvgIpc) is 3.30. The summed E-state index contributed by atoms with van der Waals surface area (Å²) in [7, 11) is 1.52. The van der Waals surface area contributed by atoms with Crippen LogP contribution in [0, 0.1) is 5.92 Å². The number of fused-ring (bicyclic) bond motifs is 1. The van der Waals surface area contributed by atoms with Gasteiger partial charge in [0.25, 0.3) is 5.56 Å². The molecule has 0 radical (unpaired) electrons. The van der Waals surface area contributed by atoms with E-state index in [0.717, 1.165) is 25.8 Å². The monoisotopic (exact) mass is 484 g/mol. The summed E-state index contributed by atoms with van der Waals surface area (Å²) < 4.78 is 6.91. The van der Waals surface area contributed by atoms with E-state index in [-0.39, 0.29) is 29.8 Å². The van der Waals surface area contributed by atoms with Crippen LogP contribution in [0.15, 0.2) is 35.4 Å². The van der Waals surface area contributed by atoms with Gasteiger partial charge >= 0.3 is 0 Å². The molecule has 1 atom stereocenters. The Morgan fingerprint density at radius 2 is 2.12 bits per heavy atom. The Morgan fingerprint density at radius 3 is 2.91 bits per heavy atom. The van der Waals surface area contributed by atoms with Crippen LogP contribution < -0.4 is 25.8 Å². The van der Waals surface area contributed by atoms with Crippen LogP contribution in [-0.4, -0.2) is 53.1 Å². The van der Waals surface area contributed by atoms with Gasteiger partial charge in [-0.3, -0.25) is 19.0 Å². The molecular weight excluding hydrogens is 456 g/mol. The molecule has 3 aromatic rings. The molecule has 4 rings (SSSR count). The van der Waals surface area contributed by atoms with E-state index in [4.69, 9.17) is 4.74 Å². The van der Waals surface area contributed by atoms with Gasteiger partial charge in [-0.15, -0.1) is 0 Å². The van der Waals surface area contributed by atoms with Crippen molar-refractivity contribution in [2.45, 2.75) is 32.7 Å². The molecule has 2 amide bonds. The van der Waals surface area contributed by atoms with Crippen molar-refractivity contribution in [2.24, 2.45) is 5.92 Å². The minimum atomic E-state index is -0.366. The zero-order valence-electron chi connectivity index (χ0n) is 19.2. The van der Waals surface area contributed by atoms with E-state index in [9.17, 15) is 14.4 Å². The lowest BCUT2D eigenvalue weighted by Gasteiger charge is -2.31. The van der Waals surface area contributed by atoms with Crippen molar-refractivity contribution >= 4 is 44.3 Å². The number of hydrogen-bond donors (Lipinski definition) is 2. The number of para-hydroxylation sites is 2. The lowest BCUT2D eigenvalue weighted by molar-refractivity contribution is -0.125. The first-order chi connectivity index (χ1) is 16.5. The van der Waals surface area contributed by atoms with Crippen LogP contribution >= 0.6 is 11.3 Å². The summed E-state index contributed by atoms with van der Waals surface area (Å²) in [4.78, 5) is 48.9. The predicted molar refractivity (Wildman–Crippen MR) is 132 cm³/mol. The molecule has 0 bridgehead atoms. The maximum atomic E-state index is 13.0. The molecule has 0 aliphatic carbocycles. The number of thiazole rings is 1. The second-order valence-corrected chi connectivity index (χ2v) is 9.13. The summed E-state index contributed by atoms with van der Waals surface area (Å²) in [5.74, 6) is 0.131. The van der Waals surface area contributed by atoms with Crippen molar-refractivity contribution in [1.29, 1.82) is 0 Å². The van der Waals surface area contributed by atoms with Gasteiger partial charge in [-0.05, 0) is 31.4 Å². The van der Waals surface area contributed by atoms with E-state index in [2.05, 4.69) is 20.6 Å². The highest BCUT2D eigenvalue weighted by Crippen LogP contribution is 2.29. The molecule has 0 unspecified atom stereocenters. The van der Waals surface area contributed by atoms with Gasteiger partial charge in [0.05, 0.1) is 18.7 Å². The number of benzene rings is 1. The van der Waals surface area contributed by atoms with Crippen molar-refractivity contribution < 1.29 is 14.3 Å². The van der Waals surface area contributed by atoms with Crippen LogP contribution in [0.5, 0.6) is 5.75 Å². The number of nitrogens with zero attached hydrogens (tertiary/aromatic N) is 4. The zero-order chi connectivity index (χ0) is 24.1. The van der Waals surface area contributed by atoms with E-state index in [0.29, 0.717) is 40.0 Å². The molecule has 180 valence electrons. The van der Waals surface area contributed by atoms with E-state index in [1.807, 2.05) is 11.8 Å². The number of ether oxygens (including phenoxy) is 1. The molecule has 1 aliphatic heterocycles. The Bertz CT molecular complexity index is 1240. The molecular formula is C23H28N6O4S. The van der Waals surface area contributed by atoms with Crippen molar-refractivity contribution in [3.05, 3.63) is 40.9 Å². The molecule has 10 nitrogen and oxygen atoms in total. The standard InChI is InChI=1S/C23H28N6O4S/c1-3-10-24-21(31)15-7-6-11-28(12-15)23-27-20-19(34-23)22(32)29(14-25-20)13-18(30)26-16-8-4-5-9-17(16)33-2/h4-5,8-9,14-15H,3,6-7,10-13H2,1-2H3,(H,24,31)(H,26,30)/t15-/m1/s1. The predicted octanol–water partition coefficient (Wildman–Crippen LogP) is 2.24. The Morgan fingerprint density at radius 1 is 1.29 bits per heavy atom. The van der Waals surface area contributed by atoms with Gasteiger partial charge in [0.1, 0.15) is 23.3 Å². The third kappa shape index (κ3) is 5.19. The SMILES string of the molecule is CCCNC(=O)[C@@H]1CCCN(c2nc3ncn(CC(=O)Nc4ccccc4OC)c(=O)c3s2)C1. The third-order valence-electron chi connectivity index (χ3n) is 5.68. The van der Waals surface area contributed by atoms with Gasteiger partial charge in [0, 0.05) is 19.6 Å². The van der Waals surface area contributed by atoms with Gasteiger partial charge < -0.3 is 20.3 Å². The molecule has 1 fully saturated rings. The summed E-state index contributed by atoms with van der Waals surface area (Å²) in [5, 5.41) is 6.40. The number of hydrogen-bond acceptors (Lipinski definition) is 8. The average molecular weight is 485 g/mol. The highest BCUT2D eigenvalue weighted by Gasteiger charge is 2.27. The highest BCUT2D eigenvalue weighted by atomic mass is 32.1. The quantitative estimate of drug-likeness (QED) is 0.503. The number of carbonyl (C=O) groups excluding carboxylic acids is 2. The number of nitrogens with one attached hydrogen (secondary N) is 2. The molecule has 1 saturated heterocycles. The largest absolute Gasteiger partial charge is 0.495 e. The summed E-state index contributed by atoms with van der Waals surface area (Å²) in [6.45, 7) is 3.84. The molecule has 2 aromatic heterocycles. The maximum Gasteiger partial charge on any atom is 0.273 e. The zero-order valence-corrected chi connectivity index (χ0v) is 20.1. The summed E-state index contributed by atoms with van der Waals surface area (Å²) >= 11 is 1.25. The molecule has 1 aromatic carbocycles. The van der Waals surface area contributed by atoms with Gasteiger partial charge in [-0.25, -0.2) is 4.98 Å². The maximum absolute atomic E-state index is 13.0. The Hall–Kier alpha value is -3.47. The first-order valence-corrected chi connectivity index (χ1v) is 12.1. The van der Waals surface area contributed by atoms with Crippen molar-refractivity contribution in [2.75, 3.05) is 37.0 Å². The molecule has 11 heteroatoms. The smallest absolute Gasteiger partial charge is 0.273 e. The lowest BCUT2D eigenvalue weighted by atomic mass is 9.97. The van der Waals surface area contributed by atoms with Gasteiger partial charge in [0.2, 0.25) is 11.8 Å². The lowest BCUT2D eigenvalue weighted by Crippen LogP contribution is -2.43. The van der Waals surface area contributed by atoms with Crippen LogP contribution in [0.1, 0.15) is 26.2 Å². The summed E-state index contributed by atoms with van der Waals surface area (Å²) in [6.07, 6.45) is 3.95. The van der Waals surface area contributed by atoms with Crippen molar-refractivity contribution in [3.8, 4) is 5.75 Å². The molecule has 0 saturated carbocycles. The number of amides is 2. The van der Waals surface area contributed by atoms with Crippen LogP contribution in [0.3, 0.4) is 0 Å². The molecule has 0 spiro atoms. The van der Waals surface area contributed by atoms with Gasteiger partial charge in [-0.2, -0.15) is 4.98 Å². The topological polar surface area (TPSA) is 118 Å². The third-order valence-corrected chi connectivity index (χ3v) is 6.77. The second kappa shape index (κ2) is 10.6. The van der Waals surface area contributed by atoms with E-state index in [1.165, 1.54) is 29.3 Å². The number of piperidine rings is 1. The summed E-state index contributed by atoms with van der Waals surface area (Å²) in [6, 6.07) is 7.06. The second-order valence-electron chi connectivity index (χ2n) is 8.15. The molecule has 3 heterocycles. The van der Waals surface area contributed by atoms with Gasteiger partial charge in [-0.1, -0.05) is 30.4 Å².